The summed E-state index contributed by atoms with van der Waals surface area (Å²) in [7, 11) is 0. The smallest absolute Gasteiger partial charge is 0.265 e. The number of carbonyl (C=O) groups excluding carboxylic acids is 1. The number of rotatable bonds is 3. The molecule has 0 bridgehead atoms. The molecule has 0 aliphatic carbocycles. The van der Waals surface area contributed by atoms with Gasteiger partial charge in [0.1, 0.15) is 4.88 Å². The van der Waals surface area contributed by atoms with Gasteiger partial charge < -0.3 is 4.90 Å². The Morgan fingerprint density at radius 1 is 1.35 bits per heavy atom. The molecule has 1 aromatic heterocycles. The van der Waals surface area contributed by atoms with Gasteiger partial charge in [-0.25, -0.2) is 4.98 Å². The number of aryl methyl sites for hydroxylation is 1. The largest absolute Gasteiger partial charge is 0.333 e. The van der Waals surface area contributed by atoms with Crippen molar-refractivity contribution < 1.29 is 4.79 Å². The summed E-state index contributed by atoms with van der Waals surface area (Å²) in [6.07, 6.45) is 6.55. The van der Waals surface area contributed by atoms with Crippen molar-refractivity contribution in [3.8, 4) is 0 Å². The lowest BCUT2D eigenvalue weighted by molar-refractivity contribution is 0.0654. The number of thiazole rings is 1. The maximum atomic E-state index is 12.7. The highest BCUT2D eigenvalue weighted by molar-refractivity contribution is 7.13. The summed E-state index contributed by atoms with van der Waals surface area (Å²) in [5.41, 5.74) is 0. The van der Waals surface area contributed by atoms with Crippen LogP contribution in [0.25, 0.3) is 0 Å². The minimum Gasteiger partial charge on any atom is -0.333 e. The summed E-state index contributed by atoms with van der Waals surface area (Å²) < 4.78 is 0. The molecule has 2 fully saturated rings. The molecule has 2 atom stereocenters. The number of amides is 1. The van der Waals surface area contributed by atoms with Crippen LogP contribution in [-0.2, 0) is 0 Å². The Balaban J connectivity index is 1.77. The van der Waals surface area contributed by atoms with Crippen molar-refractivity contribution in [3.05, 3.63) is 16.1 Å². The average Bonchev–Trinajstić information content (AvgIpc) is 3.16. The fourth-order valence-electron chi connectivity index (χ4n) is 3.73. The topological polar surface area (TPSA) is 36.4 Å². The summed E-state index contributed by atoms with van der Waals surface area (Å²) in [6.45, 7) is 7.39. The predicted molar refractivity (Wildman–Crippen MR) is 81.2 cm³/mol. The predicted octanol–water partition coefficient (Wildman–Crippen LogP) is 2.54. The molecule has 5 heteroatoms. The second kappa shape index (κ2) is 5.82. The molecule has 3 heterocycles. The summed E-state index contributed by atoms with van der Waals surface area (Å²) >= 11 is 1.52. The Labute approximate surface area is 124 Å². The molecule has 0 unspecified atom stereocenters. The van der Waals surface area contributed by atoms with E-state index in [0.29, 0.717) is 12.1 Å². The summed E-state index contributed by atoms with van der Waals surface area (Å²) in [5, 5.41) is 0.972. The van der Waals surface area contributed by atoms with Crippen molar-refractivity contribution in [2.24, 2.45) is 0 Å². The van der Waals surface area contributed by atoms with Crippen molar-refractivity contribution in [1.82, 2.24) is 14.8 Å². The van der Waals surface area contributed by atoms with E-state index in [1.807, 2.05) is 6.92 Å². The van der Waals surface area contributed by atoms with E-state index in [9.17, 15) is 4.79 Å². The first-order valence-corrected chi connectivity index (χ1v) is 8.49. The molecule has 0 radical (unpaired) electrons. The van der Waals surface area contributed by atoms with Crippen LogP contribution in [0.2, 0.25) is 0 Å². The van der Waals surface area contributed by atoms with Crippen LogP contribution in [0, 0.1) is 6.92 Å². The third kappa shape index (κ3) is 2.49. The van der Waals surface area contributed by atoms with Crippen LogP contribution in [-0.4, -0.2) is 52.4 Å². The molecule has 0 N–H and O–H groups in total. The Hall–Kier alpha value is -0.940. The molecule has 0 spiro atoms. The van der Waals surface area contributed by atoms with Crippen molar-refractivity contribution >= 4 is 17.2 Å². The highest BCUT2D eigenvalue weighted by atomic mass is 32.1. The van der Waals surface area contributed by atoms with E-state index in [-0.39, 0.29) is 5.91 Å². The van der Waals surface area contributed by atoms with Gasteiger partial charge in [-0.1, -0.05) is 6.92 Å². The van der Waals surface area contributed by atoms with Gasteiger partial charge in [0.05, 0.1) is 11.2 Å². The fourth-order valence-corrected chi connectivity index (χ4v) is 4.46. The van der Waals surface area contributed by atoms with E-state index in [1.54, 1.807) is 6.20 Å². The average molecular weight is 293 g/mol. The standard InChI is InChI=1S/C15H23N3OS/c1-3-17-8-4-6-12(17)13-7-5-9-18(13)15(19)14-10-16-11(2)20-14/h10,12-13H,3-9H2,1-2H3/t12-,13-/m1/s1. The zero-order valence-corrected chi connectivity index (χ0v) is 13.2. The summed E-state index contributed by atoms with van der Waals surface area (Å²) in [6, 6.07) is 0.979. The van der Waals surface area contributed by atoms with Gasteiger partial charge in [-0.05, 0) is 45.7 Å². The zero-order chi connectivity index (χ0) is 14.1. The van der Waals surface area contributed by atoms with Gasteiger partial charge in [0.2, 0.25) is 0 Å². The number of hydrogen-bond donors (Lipinski definition) is 0. The van der Waals surface area contributed by atoms with Gasteiger partial charge >= 0.3 is 0 Å². The summed E-state index contributed by atoms with van der Waals surface area (Å²) in [5.74, 6) is 0.195. The molecule has 2 saturated heterocycles. The van der Waals surface area contributed by atoms with Crippen LogP contribution in [0.5, 0.6) is 0 Å². The van der Waals surface area contributed by atoms with Crippen molar-refractivity contribution in [3.63, 3.8) is 0 Å². The van der Waals surface area contributed by atoms with Gasteiger partial charge in [0.15, 0.2) is 0 Å². The Morgan fingerprint density at radius 2 is 2.10 bits per heavy atom. The highest BCUT2D eigenvalue weighted by Crippen LogP contribution is 2.31. The van der Waals surface area contributed by atoms with Crippen LogP contribution in [0.1, 0.15) is 47.3 Å². The van der Waals surface area contributed by atoms with Crippen LogP contribution in [0.4, 0.5) is 0 Å². The van der Waals surface area contributed by atoms with Crippen LogP contribution >= 0.6 is 11.3 Å². The molecule has 0 saturated carbocycles. The number of hydrogen-bond acceptors (Lipinski definition) is 4. The number of likely N-dealkylation sites (N-methyl/N-ethyl adjacent to an activating group) is 1. The van der Waals surface area contributed by atoms with Crippen LogP contribution in [0.3, 0.4) is 0 Å². The summed E-state index contributed by atoms with van der Waals surface area (Å²) in [4.78, 5) is 22.4. The van der Waals surface area contributed by atoms with Gasteiger partial charge in [-0.3, -0.25) is 9.69 Å². The molecule has 1 aromatic rings. The lowest BCUT2D eigenvalue weighted by Gasteiger charge is -2.34. The first-order chi connectivity index (χ1) is 9.70. The minimum absolute atomic E-state index is 0.195. The van der Waals surface area contributed by atoms with Crippen molar-refractivity contribution in [1.29, 1.82) is 0 Å². The quantitative estimate of drug-likeness (QED) is 0.859. The Morgan fingerprint density at radius 3 is 2.80 bits per heavy atom. The lowest BCUT2D eigenvalue weighted by Crippen LogP contribution is -2.48. The molecular weight excluding hydrogens is 270 g/mol. The number of carbonyl (C=O) groups is 1. The van der Waals surface area contributed by atoms with E-state index in [0.717, 1.165) is 35.8 Å². The lowest BCUT2D eigenvalue weighted by atomic mass is 10.0. The molecule has 2 aliphatic rings. The number of nitrogens with zero attached hydrogens (tertiary/aromatic N) is 3. The van der Waals surface area contributed by atoms with Crippen LogP contribution in [0.15, 0.2) is 6.20 Å². The zero-order valence-electron chi connectivity index (χ0n) is 12.3. The van der Waals surface area contributed by atoms with Crippen LogP contribution < -0.4 is 0 Å². The van der Waals surface area contributed by atoms with Gasteiger partial charge in [-0.2, -0.15) is 0 Å². The fraction of sp³-hybridized carbons (Fsp3) is 0.733. The highest BCUT2D eigenvalue weighted by Gasteiger charge is 2.39. The van der Waals surface area contributed by atoms with Crippen molar-refractivity contribution in [2.45, 2.75) is 51.6 Å². The molecule has 0 aromatic carbocycles. The minimum atomic E-state index is 0.195. The second-order valence-electron chi connectivity index (χ2n) is 5.79. The molecule has 2 aliphatic heterocycles. The molecule has 1 amide bonds. The first kappa shape index (κ1) is 14.0. The normalized spacial score (nSPS) is 27.4. The van der Waals surface area contributed by atoms with E-state index < -0.39 is 0 Å². The monoisotopic (exact) mass is 293 g/mol. The maximum absolute atomic E-state index is 12.7. The molecule has 4 nitrogen and oxygen atoms in total. The molecule has 3 rings (SSSR count). The number of likely N-dealkylation sites (tertiary alicyclic amines) is 2. The molecule has 20 heavy (non-hydrogen) atoms. The third-order valence-electron chi connectivity index (χ3n) is 4.66. The van der Waals surface area contributed by atoms with Gasteiger partial charge in [0, 0.05) is 18.6 Å². The van der Waals surface area contributed by atoms with E-state index in [1.165, 1.54) is 30.7 Å². The van der Waals surface area contributed by atoms with E-state index in [4.69, 9.17) is 0 Å². The van der Waals surface area contributed by atoms with E-state index >= 15 is 0 Å². The third-order valence-corrected chi connectivity index (χ3v) is 5.56. The molecular formula is C15H23N3OS. The first-order valence-electron chi connectivity index (χ1n) is 7.68. The molecule has 110 valence electrons. The Bertz CT molecular complexity index is 487. The van der Waals surface area contributed by atoms with Crippen molar-refractivity contribution in [2.75, 3.05) is 19.6 Å². The van der Waals surface area contributed by atoms with Gasteiger partial charge in [0.25, 0.3) is 5.91 Å². The second-order valence-corrected chi connectivity index (χ2v) is 7.02. The number of aromatic nitrogens is 1. The van der Waals surface area contributed by atoms with Gasteiger partial charge in [-0.15, -0.1) is 11.3 Å². The SMILES string of the molecule is CCN1CCC[C@@H]1[C@H]1CCCN1C(=O)c1cnc(C)s1. The maximum Gasteiger partial charge on any atom is 0.265 e. The van der Waals surface area contributed by atoms with E-state index in [2.05, 4.69) is 21.7 Å². The Kier molecular flexibility index (Phi) is 4.08.